The van der Waals surface area contributed by atoms with Crippen LogP contribution in [0.25, 0.3) is 0 Å². The molecule has 5 heteroatoms. The number of hydrogen-bond donors (Lipinski definition) is 0. The van der Waals surface area contributed by atoms with Gasteiger partial charge in [0.1, 0.15) is 0 Å². The Morgan fingerprint density at radius 2 is 2.23 bits per heavy atom. The fraction of sp³-hybridized carbons (Fsp3) is 0.125. The molecule has 0 unspecified atom stereocenters. The van der Waals surface area contributed by atoms with Crippen molar-refractivity contribution in [2.45, 2.75) is 6.92 Å². The molecule has 0 aliphatic heterocycles. The third-order valence-electron chi connectivity index (χ3n) is 1.64. The molecule has 0 aliphatic carbocycles. The molecular formula is C8H5BrN2O2. The van der Waals surface area contributed by atoms with Gasteiger partial charge in [-0.3, -0.25) is 10.1 Å². The monoisotopic (exact) mass is 240 g/mol. The number of benzene rings is 1. The molecule has 0 heterocycles. The van der Waals surface area contributed by atoms with Gasteiger partial charge in [0.05, 0.1) is 16.6 Å². The van der Waals surface area contributed by atoms with Crippen molar-refractivity contribution in [2.24, 2.45) is 0 Å². The standard InChI is InChI=1S/C8H5BrN2O2/c1-5-7(9)2-6(4-10)3-8(5)11(12)13/h2-3H,1H3. The van der Waals surface area contributed by atoms with Gasteiger partial charge in [-0.25, -0.2) is 0 Å². The van der Waals surface area contributed by atoms with Gasteiger partial charge in [-0.1, -0.05) is 15.9 Å². The van der Waals surface area contributed by atoms with E-state index in [1.54, 1.807) is 13.0 Å². The molecule has 1 aromatic rings. The molecule has 0 atom stereocenters. The zero-order chi connectivity index (χ0) is 10.0. The zero-order valence-electron chi connectivity index (χ0n) is 6.74. The lowest BCUT2D eigenvalue weighted by Crippen LogP contribution is -1.93. The first kappa shape index (κ1) is 9.68. The molecular weight excluding hydrogens is 236 g/mol. The fourth-order valence-corrected chi connectivity index (χ4v) is 1.37. The lowest BCUT2D eigenvalue weighted by Gasteiger charge is -1.99. The third kappa shape index (κ3) is 1.84. The van der Waals surface area contributed by atoms with Crippen LogP contribution in [0.4, 0.5) is 5.69 Å². The van der Waals surface area contributed by atoms with E-state index < -0.39 is 4.92 Å². The molecule has 0 bridgehead atoms. The van der Waals surface area contributed by atoms with Gasteiger partial charge in [0, 0.05) is 16.1 Å². The summed E-state index contributed by atoms with van der Waals surface area (Å²) < 4.78 is 0.582. The minimum absolute atomic E-state index is 0.0362. The molecule has 1 rings (SSSR count). The van der Waals surface area contributed by atoms with Crippen molar-refractivity contribution in [3.05, 3.63) is 37.8 Å². The molecule has 0 aliphatic rings. The topological polar surface area (TPSA) is 66.9 Å². The predicted octanol–water partition coefficient (Wildman–Crippen LogP) is 2.54. The Morgan fingerprint density at radius 3 is 2.69 bits per heavy atom. The summed E-state index contributed by atoms with van der Waals surface area (Å²) in [5.41, 5.74) is 0.777. The van der Waals surface area contributed by atoms with E-state index in [0.29, 0.717) is 10.0 Å². The summed E-state index contributed by atoms with van der Waals surface area (Å²) in [4.78, 5) is 10.0. The molecule has 0 aromatic heterocycles. The molecule has 66 valence electrons. The average molecular weight is 241 g/mol. The van der Waals surface area contributed by atoms with Crippen molar-refractivity contribution in [1.29, 1.82) is 5.26 Å². The Labute approximate surface area is 83.1 Å². The second kappa shape index (κ2) is 3.54. The van der Waals surface area contributed by atoms with Crippen molar-refractivity contribution in [3.63, 3.8) is 0 Å². The van der Waals surface area contributed by atoms with Crippen LogP contribution in [0.3, 0.4) is 0 Å². The van der Waals surface area contributed by atoms with Crippen molar-refractivity contribution in [3.8, 4) is 6.07 Å². The summed E-state index contributed by atoms with van der Waals surface area (Å²) >= 11 is 3.15. The van der Waals surface area contributed by atoms with Crippen LogP contribution in [0.1, 0.15) is 11.1 Å². The Hall–Kier alpha value is -1.41. The van der Waals surface area contributed by atoms with E-state index >= 15 is 0 Å². The molecule has 0 fully saturated rings. The highest BCUT2D eigenvalue weighted by molar-refractivity contribution is 9.10. The molecule has 13 heavy (non-hydrogen) atoms. The van der Waals surface area contributed by atoms with Crippen molar-refractivity contribution in [1.82, 2.24) is 0 Å². The van der Waals surface area contributed by atoms with Gasteiger partial charge in [-0.05, 0) is 13.0 Å². The molecule has 0 N–H and O–H groups in total. The largest absolute Gasteiger partial charge is 0.274 e. The molecule has 0 radical (unpaired) electrons. The first-order valence-corrected chi connectivity index (χ1v) is 4.20. The van der Waals surface area contributed by atoms with Crippen LogP contribution >= 0.6 is 15.9 Å². The number of hydrogen-bond acceptors (Lipinski definition) is 3. The first-order valence-electron chi connectivity index (χ1n) is 3.41. The summed E-state index contributed by atoms with van der Waals surface area (Å²) in [5.74, 6) is 0. The van der Waals surface area contributed by atoms with Gasteiger partial charge >= 0.3 is 0 Å². The van der Waals surface area contributed by atoms with Gasteiger partial charge < -0.3 is 0 Å². The average Bonchev–Trinajstić information content (AvgIpc) is 2.09. The number of rotatable bonds is 1. The lowest BCUT2D eigenvalue weighted by atomic mass is 10.1. The SMILES string of the molecule is Cc1c(Br)cc(C#N)cc1[N+](=O)[O-]. The smallest absolute Gasteiger partial charge is 0.258 e. The molecule has 0 saturated carbocycles. The molecule has 0 saturated heterocycles. The summed E-state index contributed by atoms with van der Waals surface area (Å²) in [6, 6.07) is 4.68. The predicted molar refractivity (Wildman–Crippen MR) is 50.2 cm³/mol. The second-order valence-corrected chi connectivity index (χ2v) is 3.33. The van der Waals surface area contributed by atoms with E-state index in [-0.39, 0.29) is 11.3 Å². The van der Waals surface area contributed by atoms with Crippen LogP contribution in [-0.4, -0.2) is 4.92 Å². The minimum Gasteiger partial charge on any atom is -0.258 e. The van der Waals surface area contributed by atoms with E-state index in [1.807, 2.05) is 6.07 Å². The third-order valence-corrected chi connectivity index (χ3v) is 2.47. The molecule has 4 nitrogen and oxygen atoms in total. The van der Waals surface area contributed by atoms with Crippen molar-refractivity contribution >= 4 is 21.6 Å². The van der Waals surface area contributed by atoms with Crippen LogP contribution < -0.4 is 0 Å². The number of nitro groups is 1. The van der Waals surface area contributed by atoms with Gasteiger partial charge in [-0.2, -0.15) is 5.26 Å². The van der Waals surface area contributed by atoms with Crippen LogP contribution in [-0.2, 0) is 0 Å². The summed E-state index contributed by atoms with van der Waals surface area (Å²) in [7, 11) is 0. The van der Waals surface area contributed by atoms with Crippen LogP contribution in [0, 0.1) is 28.4 Å². The fourth-order valence-electron chi connectivity index (χ4n) is 0.919. The molecule has 0 spiro atoms. The Balaban J connectivity index is 3.44. The van der Waals surface area contributed by atoms with Crippen molar-refractivity contribution in [2.75, 3.05) is 0 Å². The molecule has 0 amide bonds. The number of nitrogens with zero attached hydrogens (tertiary/aromatic N) is 2. The van der Waals surface area contributed by atoms with Gasteiger partial charge in [0.2, 0.25) is 0 Å². The summed E-state index contributed by atoms with van der Waals surface area (Å²) in [5, 5.41) is 19.1. The quantitative estimate of drug-likeness (QED) is 0.560. The maximum atomic E-state index is 10.5. The maximum Gasteiger partial charge on any atom is 0.274 e. The van der Waals surface area contributed by atoms with Crippen LogP contribution in [0.5, 0.6) is 0 Å². The highest BCUT2D eigenvalue weighted by Crippen LogP contribution is 2.27. The summed E-state index contributed by atoms with van der Waals surface area (Å²) in [6.45, 7) is 1.63. The van der Waals surface area contributed by atoms with E-state index in [4.69, 9.17) is 5.26 Å². The van der Waals surface area contributed by atoms with Crippen molar-refractivity contribution < 1.29 is 4.92 Å². The zero-order valence-corrected chi connectivity index (χ0v) is 8.33. The number of nitro benzene ring substituents is 1. The van der Waals surface area contributed by atoms with E-state index in [9.17, 15) is 10.1 Å². The Morgan fingerprint density at radius 1 is 1.62 bits per heavy atom. The Bertz CT molecular complexity index is 409. The highest BCUT2D eigenvalue weighted by Gasteiger charge is 2.14. The first-order chi connectivity index (χ1) is 6.06. The second-order valence-electron chi connectivity index (χ2n) is 2.47. The van der Waals surface area contributed by atoms with Crippen LogP contribution in [0.2, 0.25) is 0 Å². The highest BCUT2D eigenvalue weighted by atomic mass is 79.9. The van der Waals surface area contributed by atoms with Gasteiger partial charge in [-0.15, -0.1) is 0 Å². The van der Waals surface area contributed by atoms with Gasteiger partial charge in [0.15, 0.2) is 0 Å². The maximum absolute atomic E-state index is 10.5. The van der Waals surface area contributed by atoms with E-state index in [1.165, 1.54) is 6.07 Å². The Kier molecular flexibility index (Phi) is 2.63. The molecule has 1 aromatic carbocycles. The normalized spacial score (nSPS) is 9.31. The number of halogens is 1. The number of nitriles is 1. The van der Waals surface area contributed by atoms with Gasteiger partial charge in [0.25, 0.3) is 5.69 Å². The lowest BCUT2D eigenvalue weighted by molar-refractivity contribution is -0.385. The summed E-state index contributed by atoms with van der Waals surface area (Å²) in [6.07, 6.45) is 0. The van der Waals surface area contributed by atoms with Crippen LogP contribution in [0.15, 0.2) is 16.6 Å². The van der Waals surface area contributed by atoms with E-state index in [2.05, 4.69) is 15.9 Å². The minimum atomic E-state index is -0.499. The van der Waals surface area contributed by atoms with E-state index in [0.717, 1.165) is 0 Å².